The number of nitrogens with one attached hydrogen (secondary N) is 1. The van der Waals surface area contributed by atoms with Crippen molar-refractivity contribution in [2.24, 2.45) is 5.92 Å². The number of piperidine rings is 2. The van der Waals surface area contributed by atoms with E-state index in [-0.39, 0.29) is 30.2 Å². The van der Waals surface area contributed by atoms with Gasteiger partial charge in [-0.2, -0.15) is 0 Å². The van der Waals surface area contributed by atoms with E-state index < -0.39 is 0 Å². The molecule has 170 valence electrons. The van der Waals surface area contributed by atoms with Gasteiger partial charge in [0.15, 0.2) is 18.1 Å². The summed E-state index contributed by atoms with van der Waals surface area (Å²) < 4.78 is 11.4. The van der Waals surface area contributed by atoms with Crippen molar-refractivity contribution in [2.75, 3.05) is 46.4 Å². The van der Waals surface area contributed by atoms with Gasteiger partial charge in [-0.1, -0.05) is 0 Å². The Morgan fingerprint density at radius 3 is 2.32 bits per heavy atom. The highest BCUT2D eigenvalue weighted by atomic mass is 16.5. The molecule has 1 aromatic carbocycles. The van der Waals surface area contributed by atoms with E-state index in [0.717, 1.165) is 32.4 Å². The Hall–Kier alpha value is -2.77. The monoisotopic (exact) mass is 431 g/mol. The molecule has 31 heavy (non-hydrogen) atoms. The van der Waals surface area contributed by atoms with Gasteiger partial charge < -0.3 is 24.6 Å². The number of hydrogen-bond acceptors (Lipinski definition) is 5. The number of rotatable bonds is 7. The molecule has 1 aromatic rings. The Morgan fingerprint density at radius 2 is 1.68 bits per heavy atom. The smallest absolute Gasteiger partial charge is 0.260 e. The maximum absolute atomic E-state index is 13.0. The fourth-order valence-electron chi connectivity index (χ4n) is 4.13. The summed E-state index contributed by atoms with van der Waals surface area (Å²) in [6, 6.07) is 5.08. The van der Waals surface area contributed by atoms with Crippen molar-refractivity contribution in [1.82, 2.24) is 15.1 Å². The number of nitrogens with zero attached hydrogens (tertiary/aromatic N) is 2. The van der Waals surface area contributed by atoms with Crippen LogP contribution in [0.3, 0.4) is 0 Å². The summed E-state index contributed by atoms with van der Waals surface area (Å²) in [6.07, 6.45) is 4.55. The summed E-state index contributed by atoms with van der Waals surface area (Å²) in [4.78, 5) is 40.8. The van der Waals surface area contributed by atoms with Crippen LogP contribution in [0.4, 0.5) is 0 Å². The summed E-state index contributed by atoms with van der Waals surface area (Å²) >= 11 is 0. The number of carbonyl (C=O) groups is 3. The van der Waals surface area contributed by atoms with Crippen LogP contribution in [0.5, 0.6) is 11.5 Å². The lowest BCUT2D eigenvalue weighted by atomic mass is 9.95. The van der Waals surface area contributed by atoms with Gasteiger partial charge in [-0.25, -0.2) is 0 Å². The predicted octanol–water partition coefficient (Wildman–Crippen LogP) is 2.07. The van der Waals surface area contributed by atoms with Gasteiger partial charge >= 0.3 is 0 Å². The first-order chi connectivity index (χ1) is 15.0. The second-order valence-electron chi connectivity index (χ2n) is 8.01. The van der Waals surface area contributed by atoms with Gasteiger partial charge in [0.1, 0.15) is 0 Å². The fourth-order valence-corrected chi connectivity index (χ4v) is 4.13. The van der Waals surface area contributed by atoms with Crippen LogP contribution < -0.4 is 14.8 Å². The summed E-state index contributed by atoms with van der Waals surface area (Å²) in [5.41, 5.74) is 0.511. The molecule has 2 aliphatic rings. The van der Waals surface area contributed by atoms with Crippen LogP contribution in [0.15, 0.2) is 18.2 Å². The molecule has 0 unspecified atom stereocenters. The topological polar surface area (TPSA) is 88.2 Å². The Labute approximate surface area is 183 Å². The zero-order valence-corrected chi connectivity index (χ0v) is 18.5. The normalized spacial score (nSPS) is 17.2. The standard InChI is InChI=1S/C23H33N3O5/c1-3-30-20-15-18(23(29)26-13-9-17(10-14-26)22(28)24-2)7-8-19(20)31-16-21(27)25-11-5-4-6-12-25/h7-8,15,17H,3-6,9-14,16H2,1-2H3,(H,24,28). The molecule has 3 rings (SSSR count). The molecule has 1 N–H and O–H groups in total. The van der Waals surface area contributed by atoms with Gasteiger partial charge in [0, 0.05) is 44.7 Å². The maximum atomic E-state index is 13.0. The summed E-state index contributed by atoms with van der Waals surface area (Å²) in [5.74, 6) is 0.795. The molecule has 0 radical (unpaired) electrons. The van der Waals surface area contributed by atoms with E-state index in [1.165, 1.54) is 0 Å². The van der Waals surface area contributed by atoms with Crippen molar-refractivity contribution in [3.8, 4) is 11.5 Å². The van der Waals surface area contributed by atoms with Gasteiger partial charge in [-0.3, -0.25) is 14.4 Å². The van der Waals surface area contributed by atoms with Crippen molar-refractivity contribution in [3.05, 3.63) is 23.8 Å². The molecule has 2 aliphatic heterocycles. The van der Waals surface area contributed by atoms with Crippen molar-refractivity contribution in [2.45, 2.75) is 39.0 Å². The maximum Gasteiger partial charge on any atom is 0.260 e. The number of hydrogen-bond donors (Lipinski definition) is 1. The number of amides is 3. The highest BCUT2D eigenvalue weighted by molar-refractivity contribution is 5.95. The van der Waals surface area contributed by atoms with E-state index in [4.69, 9.17) is 9.47 Å². The zero-order valence-electron chi connectivity index (χ0n) is 18.5. The number of ether oxygens (including phenoxy) is 2. The van der Waals surface area contributed by atoms with Crippen molar-refractivity contribution >= 4 is 17.7 Å². The first-order valence-electron chi connectivity index (χ1n) is 11.2. The molecule has 2 fully saturated rings. The van der Waals surface area contributed by atoms with Crippen molar-refractivity contribution in [1.29, 1.82) is 0 Å². The quantitative estimate of drug-likeness (QED) is 0.714. The third kappa shape index (κ3) is 5.89. The van der Waals surface area contributed by atoms with Crippen molar-refractivity contribution < 1.29 is 23.9 Å². The van der Waals surface area contributed by atoms with E-state index in [1.807, 2.05) is 11.8 Å². The average Bonchev–Trinajstić information content (AvgIpc) is 2.83. The molecule has 0 saturated carbocycles. The molecular formula is C23H33N3O5. The fraction of sp³-hybridized carbons (Fsp3) is 0.609. The van der Waals surface area contributed by atoms with E-state index in [0.29, 0.717) is 49.6 Å². The van der Waals surface area contributed by atoms with Crippen LogP contribution >= 0.6 is 0 Å². The van der Waals surface area contributed by atoms with Crippen LogP contribution in [-0.4, -0.2) is 74.0 Å². The van der Waals surface area contributed by atoms with Crippen LogP contribution in [0.1, 0.15) is 49.4 Å². The Balaban J connectivity index is 1.62. The summed E-state index contributed by atoms with van der Waals surface area (Å²) in [6.45, 7) is 4.90. The molecule has 0 aliphatic carbocycles. The molecule has 0 atom stereocenters. The van der Waals surface area contributed by atoms with Gasteiger partial charge in [-0.15, -0.1) is 0 Å². The summed E-state index contributed by atoms with van der Waals surface area (Å²) in [5, 5.41) is 2.68. The second-order valence-corrected chi connectivity index (χ2v) is 8.01. The number of carbonyl (C=O) groups excluding carboxylic acids is 3. The zero-order chi connectivity index (χ0) is 22.2. The number of benzene rings is 1. The van der Waals surface area contributed by atoms with Crippen LogP contribution in [0.25, 0.3) is 0 Å². The van der Waals surface area contributed by atoms with Gasteiger partial charge in [0.2, 0.25) is 5.91 Å². The molecule has 0 spiro atoms. The molecule has 0 bridgehead atoms. The largest absolute Gasteiger partial charge is 0.490 e. The lowest BCUT2D eigenvalue weighted by molar-refractivity contribution is -0.134. The first kappa shape index (κ1) is 22.9. The molecule has 8 nitrogen and oxygen atoms in total. The molecule has 2 saturated heterocycles. The average molecular weight is 432 g/mol. The molecule has 3 amide bonds. The van der Waals surface area contributed by atoms with Crippen LogP contribution in [-0.2, 0) is 9.59 Å². The third-order valence-corrected chi connectivity index (χ3v) is 5.95. The van der Waals surface area contributed by atoms with Gasteiger partial charge in [-0.05, 0) is 57.2 Å². The SMILES string of the molecule is CCOc1cc(C(=O)N2CCC(C(=O)NC)CC2)ccc1OCC(=O)N1CCCCC1. The van der Waals surface area contributed by atoms with Crippen LogP contribution in [0.2, 0.25) is 0 Å². The molecule has 0 aromatic heterocycles. The highest BCUT2D eigenvalue weighted by Crippen LogP contribution is 2.30. The lowest BCUT2D eigenvalue weighted by Gasteiger charge is -2.31. The molecular weight excluding hydrogens is 398 g/mol. The van der Waals surface area contributed by atoms with E-state index in [2.05, 4.69) is 5.32 Å². The lowest BCUT2D eigenvalue weighted by Crippen LogP contribution is -2.42. The van der Waals surface area contributed by atoms with E-state index in [1.54, 1.807) is 30.1 Å². The Morgan fingerprint density at radius 1 is 0.968 bits per heavy atom. The minimum atomic E-state index is -0.0905. The predicted molar refractivity (Wildman–Crippen MR) is 116 cm³/mol. The third-order valence-electron chi connectivity index (χ3n) is 5.95. The Bertz CT molecular complexity index is 783. The van der Waals surface area contributed by atoms with Gasteiger partial charge in [0.05, 0.1) is 6.61 Å². The molecule has 8 heteroatoms. The second kappa shape index (κ2) is 11.0. The van der Waals surface area contributed by atoms with Crippen LogP contribution in [0, 0.1) is 5.92 Å². The van der Waals surface area contributed by atoms with Crippen molar-refractivity contribution in [3.63, 3.8) is 0 Å². The summed E-state index contributed by atoms with van der Waals surface area (Å²) in [7, 11) is 1.64. The Kier molecular flexibility index (Phi) is 8.14. The van der Waals surface area contributed by atoms with E-state index in [9.17, 15) is 14.4 Å². The number of likely N-dealkylation sites (tertiary alicyclic amines) is 2. The van der Waals surface area contributed by atoms with E-state index >= 15 is 0 Å². The highest BCUT2D eigenvalue weighted by Gasteiger charge is 2.28. The molecule has 2 heterocycles. The minimum absolute atomic E-state index is 0.0266. The van der Waals surface area contributed by atoms with Gasteiger partial charge in [0.25, 0.3) is 11.8 Å². The minimum Gasteiger partial charge on any atom is -0.490 e. The first-order valence-corrected chi connectivity index (χ1v) is 11.2.